The van der Waals surface area contributed by atoms with Crippen molar-refractivity contribution in [3.05, 3.63) is 88.7 Å². The summed E-state index contributed by atoms with van der Waals surface area (Å²) in [6, 6.07) is 22.3. The van der Waals surface area contributed by atoms with Gasteiger partial charge in [-0.25, -0.2) is 4.79 Å². The van der Waals surface area contributed by atoms with Gasteiger partial charge in [-0.2, -0.15) is 0 Å². The summed E-state index contributed by atoms with van der Waals surface area (Å²) in [5.41, 5.74) is 3.32. The molecule has 1 aromatic heterocycles. The first kappa shape index (κ1) is 23.9. The Morgan fingerprint density at radius 1 is 0.829 bits per heavy atom. The summed E-state index contributed by atoms with van der Waals surface area (Å²) < 4.78 is 22.8. The average Bonchev–Trinajstić information content (AvgIpc) is 2.89. The zero-order valence-corrected chi connectivity index (χ0v) is 19.9. The Labute approximate surface area is 203 Å². The van der Waals surface area contributed by atoms with Crippen molar-refractivity contribution in [1.29, 1.82) is 0 Å². The van der Waals surface area contributed by atoms with E-state index in [9.17, 15) is 9.59 Å². The number of esters is 1. The Hall–Kier alpha value is -4.26. The zero-order chi connectivity index (χ0) is 24.8. The minimum absolute atomic E-state index is 0.126. The van der Waals surface area contributed by atoms with Gasteiger partial charge in [0.1, 0.15) is 17.2 Å². The lowest BCUT2D eigenvalue weighted by Crippen LogP contribution is -2.21. The van der Waals surface area contributed by atoms with E-state index in [0.717, 1.165) is 33.3 Å². The van der Waals surface area contributed by atoms with E-state index in [2.05, 4.69) is 0 Å². The number of nitrogens with zero attached hydrogens (tertiary/aromatic N) is 1. The van der Waals surface area contributed by atoms with E-state index < -0.39 is 5.97 Å². The van der Waals surface area contributed by atoms with Gasteiger partial charge in [-0.3, -0.25) is 4.79 Å². The molecule has 0 N–H and O–H groups in total. The molecule has 0 aliphatic carbocycles. The third-order valence-electron chi connectivity index (χ3n) is 5.65. The van der Waals surface area contributed by atoms with E-state index in [0.29, 0.717) is 24.7 Å². The molecule has 0 bridgehead atoms. The summed E-state index contributed by atoms with van der Waals surface area (Å²) in [6.45, 7) is 2.27. The Morgan fingerprint density at radius 2 is 1.49 bits per heavy atom. The predicted molar refractivity (Wildman–Crippen MR) is 134 cm³/mol. The Balaban J connectivity index is 1.68. The first-order chi connectivity index (χ1) is 17.0. The second kappa shape index (κ2) is 10.8. The van der Waals surface area contributed by atoms with Crippen LogP contribution in [0, 0.1) is 0 Å². The van der Waals surface area contributed by atoms with Crippen molar-refractivity contribution in [3.8, 4) is 28.4 Å². The minimum atomic E-state index is -0.416. The van der Waals surface area contributed by atoms with Crippen LogP contribution in [-0.4, -0.2) is 38.0 Å². The molecule has 4 aromatic rings. The number of hydrogen-bond donors (Lipinski definition) is 0. The van der Waals surface area contributed by atoms with E-state index in [1.54, 1.807) is 43.9 Å². The largest absolute Gasteiger partial charge is 0.497 e. The number of rotatable bonds is 9. The highest BCUT2D eigenvalue weighted by atomic mass is 16.6. The molecule has 3 aromatic carbocycles. The van der Waals surface area contributed by atoms with Crippen molar-refractivity contribution in [2.45, 2.75) is 13.5 Å². The van der Waals surface area contributed by atoms with Crippen LogP contribution in [0.4, 0.5) is 0 Å². The van der Waals surface area contributed by atoms with Crippen molar-refractivity contribution in [3.63, 3.8) is 0 Å². The first-order valence-electron chi connectivity index (χ1n) is 11.3. The van der Waals surface area contributed by atoms with Gasteiger partial charge in [-0.15, -0.1) is 0 Å². The highest BCUT2D eigenvalue weighted by molar-refractivity contribution is 5.95. The quantitative estimate of drug-likeness (QED) is 0.329. The van der Waals surface area contributed by atoms with Crippen LogP contribution in [0.1, 0.15) is 12.5 Å². The molecule has 0 aliphatic heterocycles. The molecule has 35 heavy (non-hydrogen) atoms. The molecule has 0 fully saturated rings. The van der Waals surface area contributed by atoms with Gasteiger partial charge >= 0.3 is 5.97 Å². The zero-order valence-electron chi connectivity index (χ0n) is 19.9. The number of methoxy groups -OCH3 is 2. The van der Waals surface area contributed by atoms with Gasteiger partial charge < -0.3 is 23.5 Å². The molecule has 0 amide bonds. The Morgan fingerprint density at radius 3 is 2.14 bits per heavy atom. The molecule has 0 spiro atoms. The highest BCUT2D eigenvalue weighted by Crippen LogP contribution is 2.31. The summed E-state index contributed by atoms with van der Waals surface area (Å²) in [7, 11) is 3.23. The fraction of sp³-hybridized carbons (Fsp3) is 0.214. The van der Waals surface area contributed by atoms with Gasteiger partial charge in [0.2, 0.25) is 0 Å². The molecule has 0 saturated heterocycles. The standard InChI is InChI=1S/C28H27NO6/c1-4-34-28(31)18-35-22-9-5-19(6-10-22)17-29-26-15-23(33-3)13-14-24(26)25(16-27(29)30)20-7-11-21(32-2)12-8-20/h5-16H,4,17-18H2,1-3H3. The number of pyridine rings is 1. The maximum Gasteiger partial charge on any atom is 0.344 e. The smallest absolute Gasteiger partial charge is 0.344 e. The number of benzene rings is 3. The van der Waals surface area contributed by atoms with Gasteiger partial charge in [0.15, 0.2) is 6.61 Å². The molecular weight excluding hydrogens is 446 g/mol. The Bertz CT molecular complexity index is 1370. The number of ether oxygens (including phenoxy) is 4. The van der Waals surface area contributed by atoms with Crippen molar-refractivity contribution in [2.75, 3.05) is 27.4 Å². The van der Waals surface area contributed by atoms with Crippen LogP contribution in [0.25, 0.3) is 22.0 Å². The van der Waals surface area contributed by atoms with Gasteiger partial charge in [-0.05, 0) is 60.0 Å². The maximum absolute atomic E-state index is 13.3. The number of carbonyl (C=O) groups is 1. The third kappa shape index (κ3) is 5.46. The second-order valence-electron chi connectivity index (χ2n) is 7.83. The molecule has 7 nitrogen and oxygen atoms in total. The summed E-state index contributed by atoms with van der Waals surface area (Å²) in [4.78, 5) is 24.8. The Kier molecular flexibility index (Phi) is 7.35. The molecule has 0 saturated carbocycles. The topological polar surface area (TPSA) is 76.0 Å². The minimum Gasteiger partial charge on any atom is -0.497 e. The number of fused-ring (bicyclic) bond motifs is 1. The molecule has 7 heteroatoms. The fourth-order valence-corrected chi connectivity index (χ4v) is 3.88. The third-order valence-corrected chi connectivity index (χ3v) is 5.65. The predicted octanol–water partition coefficient (Wildman–Crippen LogP) is 4.68. The van der Waals surface area contributed by atoms with Crippen LogP contribution in [0.3, 0.4) is 0 Å². The summed E-state index contributed by atoms with van der Waals surface area (Å²) >= 11 is 0. The monoisotopic (exact) mass is 473 g/mol. The van der Waals surface area contributed by atoms with Gasteiger partial charge in [-0.1, -0.05) is 24.3 Å². The summed E-state index contributed by atoms with van der Waals surface area (Å²) in [5, 5.41) is 0.935. The highest BCUT2D eigenvalue weighted by Gasteiger charge is 2.13. The van der Waals surface area contributed by atoms with Crippen LogP contribution in [0.15, 0.2) is 77.6 Å². The van der Waals surface area contributed by atoms with Crippen LogP contribution < -0.4 is 19.8 Å². The van der Waals surface area contributed by atoms with Gasteiger partial charge in [0.25, 0.3) is 5.56 Å². The fourth-order valence-electron chi connectivity index (χ4n) is 3.88. The van der Waals surface area contributed by atoms with Crippen LogP contribution >= 0.6 is 0 Å². The van der Waals surface area contributed by atoms with E-state index in [4.69, 9.17) is 18.9 Å². The van der Waals surface area contributed by atoms with E-state index in [1.807, 2.05) is 54.6 Å². The molecule has 0 radical (unpaired) electrons. The molecule has 0 aliphatic rings. The lowest BCUT2D eigenvalue weighted by atomic mass is 10.0. The van der Waals surface area contributed by atoms with Gasteiger partial charge in [0, 0.05) is 17.5 Å². The van der Waals surface area contributed by atoms with Gasteiger partial charge in [0.05, 0.1) is 32.9 Å². The lowest BCUT2D eigenvalue weighted by Gasteiger charge is -2.15. The number of hydrogen-bond acceptors (Lipinski definition) is 6. The molecular formula is C28H27NO6. The molecule has 180 valence electrons. The first-order valence-corrected chi connectivity index (χ1v) is 11.3. The lowest BCUT2D eigenvalue weighted by molar-refractivity contribution is -0.145. The second-order valence-corrected chi connectivity index (χ2v) is 7.83. The maximum atomic E-state index is 13.3. The van der Waals surface area contributed by atoms with E-state index >= 15 is 0 Å². The molecule has 0 unspecified atom stereocenters. The van der Waals surface area contributed by atoms with E-state index in [-0.39, 0.29) is 12.2 Å². The normalized spacial score (nSPS) is 10.7. The molecule has 0 atom stereocenters. The molecule has 4 rings (SSSR count). The van der Waals surface area contributed by atoms with Crippen LogP contribution in [0.5, 0.6) is 17.2 Å². The number of aromatic nitrogens is 1. The average molecular weight is 474 g/mol. The van der Waals surface area contributed by atoms with Crippen LogP contribution in [-0.2, 0) is 16.1 Å². The van der Waals surface area contributed by atoms with Crippen molar-refractivity contribution >= 4 is 16.9 Å². The summed E-state index contributed by atoms with van der Waals surface area (Å²) in [5.74, 6) is 1.55. The van der Waals surface area contributed by atoms with Crippen LogP contribution in [0.2, 0.25) is 0 Å². The SMILES string of the molecule is CCOC(=O)COc1ccc(Cn2c(=O)cc(-c3ccc(OC)cc3)c3ccc(OC)cc32)cc1. The van der Waals surface area contributed by atoms with Crippen molar-refractivity contribution in [1.82, 2.24) is 4.57 Å². The van der Waals surface area contributed by atoms with Crippen molar-refractivity contribution < 1.29 is 23.7 Å². The van der Waals surface area contributed by atoms with Crippen molar-refractivity contribution in [2.24, 2.45) is 0 Å². The summed E-state index contributed by atoms with van der Waals surface area (Å²) in [6.07, 6.45) is 0. The van der Waals surface area contributed by atoms with E-state index in [1.165, 1.54) is 0 Å². The molecule has 1 heterocycles. The number of carbonyl (C=O) groups excluding carboxylic acids is 1.